The molecule has 0 aliphatic carbocycles. The Morgan fingerprint density at radius 2 is 2.13 bits per heavy atom. The summed E-state index contributed by atoms with van der Waals surface area (Å²) in [5.41, 5.74) is 1.78. The van der Waals surface area contributed by atoms with E-state index < -0.39 is 0 Å². The Hall–Kier alpha value is -0.930. The van der Waals surface area contributed by atoms with Crippen molar-refractivity contribution in [2.24, 2.45) is 0 Å². The Bertz CT molecular complexity index is 351. The molecule has 1 aromatic rings. The van der Waals surface area contributed by atoms with E-state index >= 15 is 0 Å². The Balaban J connectivity index is 2.04. The van der Waals surface area contributed by atoms with Crippen LogP contribution < -0.4 is 0 Å². The molecule has 82 valence electrons. The van der Waals surface area contributed by atoms with Crippen molar-refractivity contribution in [2.45, 2.75) is 13.5 Å². The number of rotatable bonds is 2. The van der Waals surface area contributed by atoms with E-state index in [1.54, 1.807) is 6.07 Å². The number of likely N-dealkylation sites (N-methyl/N-ethyl adjacent to an activating group) is 1. The molecule has 0 unspecified atom stereocenters. The summed E-state index contributed by atoms with van der Waals surface area (Å²) in [6.07, 6.45) is 0. The van der Waals surface area contributed by atoms with Gasteiger partial charge in [0.2, 0.25) is 0 Å². The van der Waals surface area contributed by atoms with Gasteiger partial charge in [-0.05, 0) is 25.6 Å². The van der Waals surface area contributed by atoms with Gasteiger partial charge in [-0.3, -0.25) is 9.80 Å². The molecular weight excluding hydrogens is 191 g/mol. The number of nitrogens with zero attached hydrogens (tertiary/aromatic N) is 2. The third-order valence-corrected chi connectivity index (χ3v) is 2.84. The van der Waals surface area contributed by atoms with E-state index in [0.717, 1.165) is 37.4 Å². The van der Waals surface area contributed by atoms with Gasteiger partial charge in [-0.1, -0.05) is 12.1 Å². The molecule has 0 spiro atoms. The zero-order chi connectivity index (χ0) is 10.8. The van der Waals surface area contributed by atoms with Gasteiger partial charge < -0.3 is 0 Å². The third-order valence-electron chi connectivity index (χ3n) is 2.84. The van der Waals surface area contributed by atoms with Gasteiger partial charge in [0.05, 0.1) is 6.67 Å². The van der Waals surface area contributed by atoms with Gasteiger partial charge in [0.1, 0.15) is 5.82 Å². The SMILES string of the molecule is Cc1ccc(CN2CCN(C)C2)c(F)c1. The van der Waals surface area contributed by atoms with Gasteiger partial charge in [0.25, 0.3) is 0 Å². The topological polar surface area (TPSA) is 6.48 Å². The first kappa shape index (κ1) is 10.6. The van der Waals surface area contributed by atoms with Crippen LogP contribution >= 0.6 is 0 Å². The quantitative estimate of drug-likeness (QED) is 0.731. The lowest BCUT2D eigenvalue weighted by Gasteiger charge is -2.15. The van der Waals surface area contributed by atoms with E-state index in [4.69, 9.17) is 0 Å². The van der Waals surface area contributed by atoms with E-state index in [0.29, 0.717) is 0 Å². The van der Waals surface area contributed by atoms with Crippen molar-refractivity contribution >= 4 is 0 Å². The summed E-state index contributed by atoms with van der Waals surface area (Å²) < 4.78 is 13.6. The van der Waals surface area contributed by atoms with E-state index in [9.17, 15) is 4.39 Å². The standard InChI is InChI=1S/C12H17FN2/c1-10-3-4-11(12(13)7-10)8-15-6-5-14(2)9-15/h3-4,7H,5-6,8-9H2,1-2H3. The van der Waals surface area contributed by atoms with Crippen molar-refractivity contribution in [3.8, 4) is 0 Å². The summed E-state index contributed by atoms with van der Waals surface area (Å²) in [5.74, 6) is -0.0791. The molecular formula is C12H17FN2. The normalized spacial score (nSPS) is 18.6. The second-order valence-electron chi connectivity index (χ2n) is 4.37. The molecule has 1 fully saturated rings. The lowest BCUT2D eigenvalue weighted by molar-refractivity contribution is 0.265. The first-order valence-electron chi connectivity index (χ1n) is 5.31. The Labute approximate surface area is 90.3 Å². The van der Waals surface area contributed by atoms with Crippen LogP contribution in [0.15, 0.2) is 18.2 Å². The van der Waals surface area contributed by atoms with Crippen LogP contribution in [0.1, 0.15) is 11.1 Å². The van der Waals surface area contributed by atoms with Crippen LogP contribution in [0.5, 0.6) is 0 Å². The zero-order valence-corrected chi connectivity index (χ0v) is 9.33. The molecule has 0 saturated carbocycles. The fourth-order valence-corrected chi connectivity index (χ4v) is 1.95. The molecule has 0 aromatic heterocycles. The molecule has 2 rings (SSSR count). The number of aryl methyl sites for hydroxylation is 1. The fraction of sp³-hybridized carbons (Fsp3) is 0.500. The minimum atomic E-state index is -0.0791. The molecule has 1 aliphatic heterocycles. The van der Waals surface area contributed by atoms with Crippen molar-refractivity contribution in [1.29, 1.82) is 0 Å². The average Bonchev–Trinajstić information content (AvgIpc) is 2.56. The zero-order valence-electron chi connectivity index (χ0n) is 9.33. The Morgan fingerprint density at radius 1 is 1.33 bits per heavy atom. The predicted octanol–water partition coefficient (Wildman–Crippen LogP) is 1.84. The van der Waals surface area contributed by atoms with Gasteiger partial charge in [0.15, 0.2) is 0 Å². The lowest BCUT2D eigenvalue weighted by Crippen LogP contribution is -2.23. The monoisotopic (exact) mass is 208 g/mol. The maximum Gasteiger partial charge on any atom is 0.127 e. The van der Waals surface area contributed by atoms with Crippen molar-refractivity contribution in [1.82, 2.24) is 9.80 Å². The highest BCUT2D eigenvalue weighted by molar-refractivity contribution is 5.23. The molecule has 0 amide bonds. The number of hydrogen-bond donors (Lipinski definition) is 0. The molecule has 15 heavy (non-hydrogen) atoms. The number of halogens is 1. The summed E-state index contributed by atoms with van der Waals surface area (Å²) in [4.78, 5) is 4.50. The lowest BCUT2D eigenvalue weighted by atomic mass is 10.1. The second-order valence-corrected chi connectivity index (χ2v) is 4.37. The van der Waals surface area contributed by atoms with E-state index in [2.05, 4.69) is 16.8 Å². The summed E-state index contributed by atoms with van der Waals surface area (Å²) >= 11 is 0. The van der Waals surface area contributed by atoms with E-state index in [-0.39, 0.29) is 5.82 Å². The highest BCUT2D eigenvalue weighted by Gasteiger charge is 2.17. The Kier molecular flexibility index (Phi) is 3.03. The van der Waals surface area contributed by atoms with Crippen LogP contribution in [0.4, 0.5) is 4.39 Å². The van der Waals surface area contributed by atoms with Gasteiger partial charge in [-0.15, -0.1) is 0 Å². The van der Waals surface area contributed by atoms with Crippen molar-refractivity contribution in [3.05, 3.63) is 35.1 Å². The highest BCUT2D eigenvalue weighted by atomic mass is 19.1. The van der Waals surface area contributed by atoms with Crippen molar-refractivity contribution < 1.29 is 4.39 Å². The van der Waals surface area contributed by atoms with Crippen molar-refractivity contribution in [2.75, 3.05) is 26.8 Å². The largest absolute Gasteiger partial charge is 0.292 e. The van der Waals surface area contributed by atoms with Crippen LogP contribution in [0.2, 0.25) is 0 Å². The fourth-order valence-electron chi connectivity index (χ4n) is 1.95. The maximum atomic E-state index is 13.6. The third kappa shape index (κ3) is 2.55. The molecule has 1 heterocycles. The van der Waals surface area contributed by atoms with Crippen LogP contribution in [-0.2, 0) is 6.54 Å². The molecule has 0 atom stereocenters. The summed E-state index contributed by atoms with van der Waals surface area (Å²) in [6.45, 7) is 5.68. The predicted molar refractivity (Wildman–Crippen MR) is 59.0 cm³/mol. The molecule has 2 nitrogen and oxygen atoms in total. The average molecular weight is 208 g/mol. The molecule has 1 aromatic carbocycles. The summed E-state index contributed by atoms with van der Waals surface area (Å²) in [6, 6.07) is 5.47. The molecule has 1 aliphatic rings. The van der Waals surface area contributed by atoms with Gasteiger partial charge in [-0.2, -0.15) is 0 Å². The van der Waals surface area contributed by atoms with Crippen LogP contribution in [0.25, 0.3) is 0 Å². The van der Waals surface area contributed by atoms with E-state index in [1.807, 2.05) is 19.1 Å². The Morgan fingerprint density at radius 3 is 2.73 bits per heavy atom. The highest BCUT2D eigenvalue weighted by Crippen LogP contribution is 2.14. The molecule has 3 heteroatoms. The molecule has 1 saturated heterocycles. The smallest absolute Gasteiger partial charge is 0.127 e. The number of hydrogen-bond acceptors (Lipinski definition) is 2. The first-order chi connectivity index (χ1) is 7.15. The minimum absolute atomic E-state index is 0.0791. The van der Waals surface area contributed by atoms with Gasteiger partial charge in [-0.25, -0.2) is 4.39 Å². The number of benzene rings is 1. The summed E-state index contributed by atoms with van der Waals surface area (Å²) in [5, 5.41) is 0. The maximum absolute atomic E-state index is 13.6. The van der Waals surface area contributed by atoms with Crippen molar-refractivity contribution in [3.63, 3.8) is 0 Å². The molecule has 0 radical (unpaired) electrons. The first-order valence-corrected chi connectivity index (χ1v) is 5.31. The molecule has 0 bridgehead atoms. The van der Waals surface area contributed by atoms with E-state index in [1.165, 1.54) is 0 Å². The van der Waals surface area contributed by atoms with Crippen LogP contribution in [-0.4, -0.2) is 36.6 Å². The van der Waals surface area contributed by atoms with Crippen LogP contribution in [0, 0.1) is 12.7 Å². The van der Waals surface area contributed by atoms with Gasteiger partial charge >= 0.3 is 0 Å². The van der Waals surface area contributed by atoms with Crippen LogP contribution in [0.3, 0.4) is 0 Å². The minimum Gasteiger partial charge on any atom is -0.292 e. The molecule has 0 N–H and O–H groups in total. The second kappa shape index (κ2) is 4.29. The van der Waals surface area contributed by atoms with Gasteiger partial charge in [0, 0.05) is 25.2 Å². The summed E-state index contributed by atoms with van der Waals surface area (Å²) in [7, 11) is 2.09.